The van der Waals surface area contributed by atoms with Crippen LogP contribution in [0.4, 0.5) is 0 Å². The van der Waals surface area contributed by atoms with E-state index in [4.69, 9.17) is 14.9 Å². The molecule has 0 fully saturated rings. The Balaban J connectivity index is 3.30. The monoisotopic (exact) mass is 202 g/mol. The molecule has 0 saturated carbocycles. The Morgan fingerprint density at radius 2 is 2.10 bits per heavy atom. The lowest BCUT2D eigenvalue weighted by Gasteiger charge is -2.06. The van der Waals surface area contributed by atoms with Crippen molar-refractivity contribution in [3.8, 4) is 0 Å². The highest BCUT2D eigenvalue weighted by Crippen LogP contribution is 2.50. The summed E-state index contributed by atoms with van der Waals surface area (Å²) in [6.45, 7) is 1.65. The third-order valence-electron chi connectivity index (χ3n) is 0.795. The van der Waals surface area contributed by atoms with Crippen molar-refractivity contribution in [1.82, 2.24) is 0 Å². The molecule has 62 valence electrons. The maximum absolute atomic E-state index is 8.75. The first-order valence-electron chi connectivity index (χ1n) is 2.80. The summed E-state index contributed by atoms with van der Waals surface area (Å²) < 4.78 is 0. The van der Waals surface area contributed by atoms with Crippen LogP contribution in [0, 0.1) is 0 Å². The number of hydrogen-bond donors (Lipinski definition) is 3. The molecule has 0 bridgehead atoms. The fourth-order valence-electron chi connectivity index (χ4n) is 0.342. The summed E-state index contributed by atoms with van der Waals surface area (Å²) in [4.78, 5) is 17.4. The molecule has 0 aliphatic heterocycles. The molecule has 3 N–H and O–H groups in total. The fraction of sp³-hybridized carbons (Fsp3) is 1.00. The molecule has 0 aliphatic carbocycles. The molecule has 0 aromatic heterocycles. The van der Waals surface area contributed by atoms with E-state index >= 15 is 0 Å². The van der Waals surface area contributed by atoms with Crippen LogP contribution in [0.2, 0.25) is 0 Å². The highest BCUT2D eigenvalue weighted by molar-refractivity contribution is 8.67. The second kappa shape index (κ2) is 4.70. The smallest absolute Gasteiger partial charge is 0.242 e. The van der Waals surface area contributed by atoms with E-state index in [9.17, 15) is 0 Å². The predicted molar refractivity (Wildman–Crippen MR) is 47.5 cm³/mol. The first-order valence-corrected chi connectivity index (χ1v) is 7.10. The number of aliphatic hydroxyl groups is 1. The van der Waals surface area contributed by atoms with Crippen LogP contribution in [0.25, 0.3) is 0 Å². The SMILES string of the molecule is CC(O)CCSP(O)(O)=S. The van der Waals surface area contributed by atoms with Gasteiger partial charge < -0.3 is 14.9 Å². The van der Waals surface area contributed by atoms with Gasteiger partial charge in [-0.25, -0.2) is 0 Å². The van der Waals surface area contributed by atoms with Crippen molar-refractivity contribution in [3.63, 3.8) is 0 Å². The molecule has 6 heteroatoms. The molecular formula is C4H11O3PS2. The summed E-state index contributed by atoms with van der Waals surface area (Å²) in [5.41, 5.74) is -3.08. The van der Waals surface area contributed by atoms with Crippen LogP contribution in [-0.4, -0.2) is 26.8 Å². The molecule has 0 spiro atoms. The largest absolute Gasteiger partial charge is 0.393 e. The summed E-state index contributed by atoms with van der Waals surface area (Å²) in [5, 5.41) is 8.75. The number of aliphatic hydroxyl groups excluding tert-OH is 1. The van der Waals surface area contributed by atoms with Crippen LogP contribution in [0.15, 0.2) is 0 Å². The van der Waals surface area contributed by atoms with Gasteiger partial charge in [0, 0.05) is 5.75 Å². The second-order valence-electron chi connectivity index (χ2n) is 1.96. The standard InChI is InChI=1S/C4H11O3PS2/c1-4(5)2-3-10-8(6,7)9/h4-5H,2-3H2,1H3,(H2,6,7,9). The average Bonchev–Trinajstić information content (AvgIpc) is 1.59. The van der Waals surface area contributed by atoms with Gasteiger partial charge in [0.15, 0.2) is 0 Å². The van der Waals surface area contributed by atoms with Gasteiger partial charge in [0.2, 0.25) is 5.69 Å². The van der Waals surface area contributed by atoms with Gasteiger partial charge in [-0.05, 0) is 25.2 Å². The summed E-state index contributed by atoms with van der Waals surface area (Å²) in [5.74, 6) is 0.502. The lowest BCUT2D eigenvalue weighted by molar-refractivity contribution is 0.192. The number of hydrogen-bond acceptors (Lipinski definition) is 3. The molecule has 0 aliphatic rings. The van der Waals surface area contributed by atoms with Crippen molar-refractivity contribution in [2.24, 2.45) is 0 Å². The van der Waals surface area contributed by atoms with Crippen LogP contribution < -0.4 is 0 Å². The molecule has 0 amide bonds. The minimum atomic E-state index is -3.08. The molecular weight excluding hydrogens is 191 g/mol. The zero-order valence-electron chi connectivity index (χ0n) is 5.60. The van der Waals surface area contributed by atoms with Gasteiger partial charge in [0.1, 0.15) is 0 Å². The normalized spacial score (nSPS) is 15.2. The fourth-order valence-corrected chi connectivity index (χ4v) is 2.73. The van der Waals surface area contributed by atoms with Crippen molar-refractivity contribution in [1.29, 1.82) is 0 Å². The number of rotatable bonds is 4. The van der Waals surface area contributed by atoms with Gasteiger partial charge >= 0.3 is 0 Å². The molecule has 0 heterocycles. The van der Waals surface area contributed by atoms with Crippen LogP contribution in [0.1, 0.15) is 13.3 Å². The highest BCUT2D eigenvalue weighted by atomic mass is 32.9. The topological polar surface area (TPSA) is 60.7 Å². The Hall–Kier alpha value is 0.880. The third kappa shape index (κ3) is 8.88. The van der Waals surface area contributed by atoms with Crippen LogP contribution >= 0.6 is 17.1 Å². The Morgan fingerprint density at radius 1 is 1.60 bits per heavy atom. The maximum Gasteiger partial charge on any atom is 0.242 e. The zero-order valence-corrected chi connectivity index (χ0v) is 8.12. The molecule has 0 radical (unpaired) electrons. The first kappa shape index (κ1) is 10.9. The lowest BCUT2D eigenvalue weighted by atomic mass is 10.3. The van der Waals surface area contributed by atoms with E-state index in [2.05, 4.69) is 11.8 Å². The van der Waals surface area contributed by atoms with Gasteiger partial charge in [-0.15, -0.1) is 0 Å². The van der Waals surface area contributed by atoms with E-state index in [1.54, 1.807) is 6.92 Å². The Morgan fingerprint density at radius 3 is 2.40 bits per heavy atom. The molecule has 0 aromatic rings. The van der Waals surface area contributed by atoms with E-state index in [-0.39, 0.29) is 0 Å². The van der Waals surface area contributed by atoms with Crippen LogP contribution in [-0.2, 0) is 11.8 Å². The summed E-state index contributed by atoms with van der Waals surface area (Å²) in [6.07, 6.45) is 0.151. The molecule has 3 nitrogen and oxygen atoms in total. The van der Waals surface area contributed by atoms with Crippen LogP contribution in [0.5, 0.6) is 0 Å². The maximum atomic E-state index is 8.75. The molecule has 0 rings (SSSR count). The van der Waals surface area contributed by atoms with Crippen molar-refractivity contribution in [2.45, 2.75) is 19.4 Å². The van der Waals surface area contributed by atoms with E-state index in [1.807, 2.05) is 0 Å². The lowest BCUT2D eigenvalue weighted by Crippen LogP contribution is -1.99. The van der Waals surface area contributed by atoms with E-state index in [0.717, 1.165) is 11.4 Å². The second-order valence-corrected chi connectivity index (χ2v) is 8.13. The van der Waals surface area contributed by atoms with Gasteiger partial charge in [-0.1, -0.05) is 11.4 Å². The average molecular weight is 202 g/mol. The Labute approximate surface area is 69.4 Å². The van der Waals surface area contributed by atoms with Crippen LogP contribution in [0.3, 0.4) is 0 Å². The minimum Gasteiger partial charge on any atom is -0.393 e. The highest BCUT2D eigenvalue weighted by Gasteiger charge is 2.07. The third-order valence-corrected chi connectivity index (χ3v) is 4.06. The molecule has 0 saturated heterocycles. The van der Waals surface area contributed by atoms with E-state index < -0.39 is 11.8 Å². The van der Waals surface area contributed by atoms with Gasteiger partial charge in [0.05, 0.1) is 6.10 Å². The summed E-state index contributed by atoms with van der Waals surface area (Å²) in [7, 11) is 0. The van der Waals surface area contributed by atoms with E-state index in [1.165, 1.54) is 0 Å². The van der Waals surface area contributed by atoms with Crippen molar-refractivity contribution < 1.29 is 14.9 Å². The Kier molecular flexibility index (Phi) is 5.11. The van der Waals surface area contributed by atoms with E-state index in [0.29, 0.717) is 12.2 Å². The summed E-state index contributed by atoms with van der Waals surface area (Å²) in [6, 6.07) is 0. The molecule has 10 heavy (non-hydrogen) atoms. The predicted octanol–water partition coefficient (Wildman–Crippen LogP) is 0.700. The molecule has 0 aromatic carbocycles. The van der Waals surface area contributed by atoms with Gasteiger partial charge in [0.25, 0.3) is 0 Å². The summed E-state index contributed by atoms with van der Waals surface area (Å²) >= 11 is 5.28. The van der Waals surface area contributed by atoms with Gasteiger partial charge in [-0.2, -0.15) is 0 Å². The Bertz CT molecular complexity index is 132. The van der Waals surface area contributed by atoms with Crippen molar-refractivity contribution >= 4 is 28.9 Å². The molecule has 1 unspecified atom stereocenters. The van der Waals surface area contributed by atoms with Crippen molar-refractivity contribution in [2.75, 3.05) is 5.75 Å². The minimum absolute atomic E-state index is 0.394. The van der Waals surface area contributed by atoms with Crippen molar-refractivity contribution in [3.05, 3.63) is 0 Å². The zero-order chi connectivity index (χ0) is 8.20. The molecule has 1 atom stereocenters. The quantitative estimate of drug-likeness (QED) is 0.586. The van der Waals surface area contributed by atoms with Gasteiger partial charge in [-0.3, -0.25) is 0 Å². The first-order chi connectivity index (χ1) is 4.42.